The smallest absolute Gasteiger partial charge is 0.223 e. The van der Waals surface area contributed by atoms with E-state index in [1.165, 1.54) is 11.3 Å². The van der Waals surface area contributed by atoms with Gasteiger partial charge in [0.05, 0.1) is 12.0 Å². The van der Waals surface area contributed by atoms with Gasteiger partial charge in [-0.2, -0.15) is 4.98 Å². The second-order valence-electron chi connectivity index (χ2n) is 4.68. The third kappa shape index (κ3) is 2.96. The first-order chi connectivity index (χ1) is 10.3. The van der Waals surface area contributed by atoms with E-state index in [4.69, 9.17) is 5.73 Å². The molecule has 5 nitrogen and oxygen atoms in total. The van der Waals surface area contributed by atoms with Gasteiger partial charge in [0.2, 0.25) is 5.95 Å². The molecule has 0 aliphatic rings. The molecule has 2 aromatic heterocycles. The van der Waals surface area contributed by atoms with Crippen molar-refractivity contribution in [2.75, 3.05) is 23.8 Å². The molecule has 0 saturated carbocycles. The van der Waals surface area contributed by atoms with Crippen molar-refractivity contribution in [1.82, 2.24) is 9.97 Å². The Hall–Kier alpha value is -2.18. The lowest BCUT2D eigenvalue weighted by atomic mass is 10.2. The summed E-state index contributed by atoms with van der Waals surface area (Å²) in [6, 6.07) is 12.1. The van der Waals surface area contributed by atoms with Crippen LogP contribution < -0.4 is 10.6 Å². The molecule has 0 bridgehead atoms. The highest BCUT2D eigenvalue weighted by atomic mass is 32.1. The predicted molar refractivity (Wildman–Crippen MR) is 86.4 cm³/mol. The third-order valence-electron chi connectivity index (χ3n) is 3.21. The van der Waals surface area contributed by atoms with Crippen LogP contribution in [0.4, 0.5) is 11.8 Å². The monoisotopic (exact) mass is 300 g/mol. The Morgan fingerprint density at radius 1 is 1.14 bits per heavy atom. The molecule has 2 heterocycles. The minimum Gasteiger partial charge on any atom is -0.395 e. The molecule has 0 spiro atoms. The first-order valence-corrected chi connectivity index (χ1v) is 7.56. The number of fused-ring (bicyclic) bond motifs is 1. The van der Waals surface area contributed by atoms with Crippen molar-refractivity contribution in [1.29, 1.82) is 0 Å². The minimum atomic E-state index is 0.0579. The summed E-state index contributed by atoms with van der Waals surface area (Å²) in [6.07, 6.45) is 0. The molecule has 0 fully saturated rings. The first kappa shape index (κ1) is 13.8. The molecule has 6 heteroatoms. The standard InChI is InChI=1S/C15H16N4OS/c16-15-17-13(12-6-9-21-14(12)18-15)19(7-8-20)10-11-4-2-1-3-5-11/h1-6,9,20H,7-8,10H2,(H2,16,17,18). The number of aliphatic hydroxyl groups is 1. The van der Waals surface area contributed by atoms with Gasteiger partial charge in [-0.1, -0.05) is 30.3 Å². The van der Waals surface area contributed by atoms with Crippen LogP contribution in [-0.2, 0) is 6.54 Å². The highest BCUT2D eigenvalue weighted by molar-refractivity contribution is 7.16. The number of nitrogen functional groups attached to an aromatic ring is 1. The van der Waals surface area contributed by atoms with Crippen molar-refractivity contribution in [2.24, 2.45) is 0 Å². The van der Waals surface area contributed by atoms with E-state index in [9.17, 15) is 5.11 Å². The number of aromatic nitrogens is 2. The van der Waals surface area contributed by atoms with Gasteiger partial charge in [0, 0.05) is 13.1 Å². The number of anilines is 2. The van der Waals surface area contributed by atoms with Crippen molar-refractivity contribution < 1.29 is 5.11 Å². The van der Waals surface area contributed by atoms with Crippen LogP contribution in [0.15, 0.2) is 41.8 Å². The second-order valence-corrected chi connectivity index (χ2v) is 5.57. The van der Waals surface area contributed by atoms with Crippen molar-refractivity contribution in [2.45, 2.75) is 6.54 Å². The quantitative estimate of drug-likeness (QED) is 0.756. The minimum absolute atomic E-state index is 0.0579. The molecule has 0 unspecified atom stereocenters. The number of hydrogen-bond acceptors (Lipinski definition) is 6. The average Bonchev–Trinajstić information content (AvgIpc) is 2.95. The highest BCUT2D eigenvalue weighted by Gasteiger charge is 2.15. The van der Waals surface area contributed by atoms with E-state index in [1.807, 2.05) is 34.5 Å². The Kier molecular flexibility index (Phi) is 3.98. The highest BCUT2D eigenvalue weighted by Crippen LogP contribution is 2.29. The van der Waals surface area contributed by atoms with Crippen LogP contribution in [0.2, 0.25) is 0 Å². The molecule has 0 amide bonds. The molecule has 0 aliphatic heterocycles. The number of nitrogens with two attached hydrogens (primary N) is 1. The second kappa shape index (κ2) is 6.07. The number of hydrogen-bond donors (Lipinski definition) is 2. The summed E-state index contributed by atoms with van der Waals surface area (Å²) in [5, 5.41) is 12.3. The molecule has 0 atom stereocenters. The largest absolute Gasteiger partial charge is 0.395 e. The summed E-state index contributed by atoms with van der Waals surface area (Å²) >= 11 is 1.54. The Morgan fingerprint density at radius 2 is 1.95 bits per heavy atom. The SMILES string of the molecule is Nc1nc(N(CCO)Cc2ccccc2)c2ccsc2n1. The van der Waals surface area contributed by atoms with Gasteiger partial charge in [0.25, 0.3) is 0 Å². The van der Waals surface area contributed by atoms with Gasteiger partial charge in [-0.3, -0.25) is 0 Å². The predicted octanol–water partition coefficient (Wildman–Crippen LogP) is 2.27. The summed E-state index contributed by atoms with van der Waals surface area (Å²) in [7, 11) is 0. The maximum absolute atomic E-state index is 9.35. The molecule has 3 rings (SSSR count). The molecular formula is C15H16N4OS. The summed E-state index contributed by atoms with van der Waals surface area (Å²) in [5.74, 6) is 1.03. The summed E-state index contributed by atoms with van der Waals surface area (Å²) in [6.45, 7) is 1.22. The van der Waals surface area contributed by atoms with Gasteiger partial charge in [-0.05, 0) is 17.0 Å². The van der Waals surface area contributed by atoms with Crippen molar-refractivity contribution in [3.8, 4) is 0 Å². The van der Waals surface area contributed by atoms with Crippen LogP contribution >= 0.6 is 11.3 Å². The lowest BCUT2D eigenvalue weighted by Gasteiger charge is -2.23. The average molecular weight is 300 g/mol. The van der Waals surface area contributed by atoms with Crippen molar-refractivity contribution in [3.05, 3.63) is 47.3 Å². The number of aliphatic hydroxyl groups excluding tert-OH is 1. The summed E-state index contributed by atoms with van der Waals surface area (Å²) in [4.78, 5) is 11.5. The first-order valence-electron chi connectivity index (χ1n) is 6.68. The van der Waals surface area contributed by atoms with Crippen molar-refractivity contribution >= 4 is 33.3 Å². The van der Waals surface area contributed by atoms with E-state index >= 15 is 0 Å². The number of thiophene rings is 1. The number of benzene rings is 1. The van der Waals surface area contributed by atoms with Gasteiger partial charge in [0.1, 0.15) is 10.6 Å². The van der Waals surface area contributed by atoms with Crippen LogP contribution in [0.1, 0.15) is 5.56 Å². The molecule has 3 N–H and O–H groups in total. The Bertz CT molecular complexity index is 729. The summed E-state index contributed by atoms with van der Waals surface area (Å²) in [5.41, 5.74) is 6.97. The zero-order valence-corrected chi connectivity index (χ0v) is 12.3. The normalized spacial score (nSPS) is 10.9. The van der Waals surface area contributed by atoms with Crippen LogP contribution in [-0.4, -0.2) is 28.2 Å². The molecule has 0 radical (unpaired) electrons. The third-order valence-corrected chi connectivity index (χ3v) is 4.01. The lowest BCUT2D eigenvalue weighted by molar-refractivity contribution is 0.301. The molecule has 21 heavy (non-hydrogen) atoms. The number of nitrogens with zero attached hydrogens (tertiary/aromatic N) is 3. The van der Waals surface area contributed by atoms with Crippen LogP contribution in [0.3, 0.4) is 0 Å². The Labute approximate surface area is 126 Å². The van der Waals surface area contributed by atoms with Gasteiger partial charge in [-0.15, -0.1) is 11.3 Å². The topological polar surface area (TPSA) is 75.3 Å². The van der Waals surface area contributed by atoms with E-state index < -0.39 is 0 Å². The fourth-order valence-corrected chi connectivity index (χ4v) is 3.05. The van der Waals surface area contributed by atoms with Gasteiger partial charge in [-0.25, -0.2) is 4.98 Å². The van der Waals surface area contributed by atoms with E-state index in [1.54, 1.807) is 0 Å². The van der Waals surface area contributed by atoms with E-state index in [0.29, 0.717) is 13.1 Å². The maximum atomic E-state index is 9.35. The number of rotatable bonds is 5. The van der Waals surface area contributed by atoms with Gasteiger partial charge >= 0.3 is 0 Å². The molecular weight excluding hydrogens is 284 g/mol. The van der Waals surface area contributed by atoms with Gasteiger partial charge < -0.3 is 15.7 Å². The molecule has 0 aliphatic carbocycles. The van der Waals surface area contributed by atoms with Crippen LogP contribution in [0.25, 0.3) is 10.2 Å². The Morgan fingerprint density at radius 3 is 2.71 bits per heavy atom. The van der Waals surface area contributed by atoms with Gasteiger partial charge in [0.15, 0.2) is 0 Å². The zero-order chi connectivity index (χ0) is 14.7. The maximum Gasteiger partial charge on any atom is 0.223 e. The van der Waals surface area contributed by atoms with Crippen LogP contribution in [0, 0.1) is 0 Å². The van der Waals surface area contributed by atoms with E-state index in [-0.39, 0.29) is 12.6 Å². The van der Waals surface area contributed by atoms with E-state index in [0.717, 1.165) is 21.6 Å². The Balaban J connectivity index is 2.00. The van der Waals surface area contributed by atoms with Crippen LogP contribution in [0.5, 0.6) is 0 Å². The lowest BCUT2D eigenvalue weighted by Crippen LogP contribution is -2.27. The van der Waals surface area contributed by atoms with Crippen molar-refractivity contribution in [3.63, 3.8) is 0 Å². The summed E-state index contributed by atoms with van der Waals surface area (Å²) < 4.78 is 0. The van der Waals surface area contributed by atoms with E-state index in [2.05, 4.69) is 22.1 Å². The zero-order valence-electron chi connectivity index (χ0n) is 11.4. The molecule has 108 valence electrons. The molecule has 3 aromatic rings. The molecule has 0 saturated heterocycles. The fraction of sp³-hybridized carbons (Fsp3) is 0.200. The fourth-order valence-electron chi connectivity index (χ4n) is 2.28. The molecule has 1 aromatic carbocycles.